The minimum atomic E-state index is -0.473. The number of nitrogens with one attached hydrogen (secondary N) is 1. The van der Waals surface area contributed by atoms with E-state index in [1.807, 2.05) is 12.1 Å². The standard InChI is InChI=1S/C18H17ClFNO3/c1-12(22)2-3-13-4-7-15(8-5-13)24-11-18(23)21-17-9-6-14(20)10-16(17)19/h4-10H,2-3,11H2,1H3,(H,21,23). The van der Waals surface area contributed by atoms with Crippen molar-refractivity contribution in [3.8, 4) is 5.75 Å². The summed E-state index contributed by atoms with van der Waals surface area (Å²) in [4.78, 5) is 22.8. The zero-order valence-electron chi connectivity index (χ0n) is 13.1. The molecule has 0 aromatic heterocycles. The van der Waals surface area contributed by atoms with Crippen LogP contribution in [0.5, 0.6) is 5.75 Å². The van der Waals surface area contributed by atoms with Gasteiger partial charge < -0.3 is 14.8 Å². The number of hydrogen-bond donors (Lipinski definition) is 1. The number of amides is 1. The van der Waals surface area contributed by atoms with E-state index in [0.29, 0.717) is 24.3 Å². The molecule has 2 rings (SSSR count). The summed E-state index contributed by atoms with van der Waals surface area (Å²) in [5.74, 6) is -0.184. The van der Waals surface area contributed by atoms with Gasteiger partial charge in [-0.2, -0.15) is 0 Å². The third-order valence-corrected chi connectivity index (χ3v) is 3.58. The lowest BCUT2D eigenvalue weighted by molar-refractivity contribution is -0.118. The van der Waals surface area contributed by atoms with Crippen LogP contribution in [-0.2, 0) is 16.0 Å². The Hall–Kier alpha value is -2.40. The molecular formula is C18H17ClFNO3. The van der Waals surface area contributed by atoms with Gasteiger partial charge in [0.1, 0.15) is 17.3 Å². The van der Waals surface area contributed by atoms with Gasteiger partial charge in [0.2, 0.25) is 0 Å². The first kappa shape index (κ1) is 17.9. The molecule has 126 valence electrons. The van der Waals surface area contributed by atoms with Crippen LogP contribution in [0.4, 0.5) is 10.1 Å². The number of halogens is 2. The molecule has 0 atom stereocenters. The van der Waals surface area contributed by atoms with Crippen LogP contribution in [0.1, 0.15) is 18.9 Å². The lowest BCUT2D eigenvalue weighted by Gasteiger charge is -2.09. The number of carbonyl (C=O) groups excluding carboxylic acids is 2. The van der Waals surface area contributed by atoms with E-state index in [-0.39, 0.29) is 17.4 Å². The average molecular weight is 350 g/mol. The predicted molar refractivity (Wildman–Crippen MR) is 91.0 cm³/mol. The maximum Gasteiger partial charge on any atom is 0.262 e. The van der Waals surface area contributed by atoms with Gasteiger partial charge in [-0.1, -0.05) is 23.7 Å². The first-order chi connectivity index (χ1) is 11.4. The Morgan fingerprint density at radius 3 is 2.50 bits per heavy atom. The lowest BCUT2D eigenvalue weighted by atomic mass is 10.1. The molecule has 0 saturated heterocycles. The van der Waals surface area contributed by atoms with Crippen LogP contribution in [0.2, 0.25) is 5.02 Å². The Bertz CT molecular complexity index is 732. The van der Waals surface area contributed by atoms with Gasteiger partial charge in [-0.05, 0) is 49.2 Å². The van der Waals surface area contributed by atoms with E-state index in [1.165, 1.54) is 12.1 Å². The molecule has 2 aromatic carbocycles. The second-order valence-electron chi connectivity index (χ2n) is 5.31. The summed E-state index contributed by atoms with van der Waals surface area (Å²) >= 11 is 5.84. The second kappa shape index (κ2) is 8.45. The van der Waals surface area contributed by atoms with Crippen molar-refractivity contribution in [1.29, 1.82) is 0 Å². The third kappa shape index (κ3) is 5.66. The zero-order chi connectivity index (χ0) is 17.5. The summed E-state index contributed by atoms with van der Waals surface area (Å²) in [5.41, 5.74) is 1.35. The van der Waals surface area contributed by atoms with Crippen molar-refractivity contribution in [2.45, 2.75) is 19.8 Å². The fourth-order valence-electron chi connectivity index (χ4n) is 2.00. The predicted octanol–water partition coefficient (Wildman–Crippen LogP) is 4.02. The molecule has 0 fully saturated rings. The molecular weight excluding hydrogens is 333 g/mol. The van der Waals surface area contributed by atoms with Gasteiger partial charge in [0.05, 0.1) is 10.7 Å². The van der Waals surface area contributed by atoms with Crippen LogP contribution >= 0.6 is 11.6 Å². The normalized spacial score (nSPS) is 10.3. The van der Waals surface area contributed by atoms with E-state index < -0.39 is 11.7 Å². The molecule has 0 bridgehead atoms. The van der Waals surface area contributed by atoms with Crippen LogP contribution in [0.15, 0.2) is 42.5 Å². The van der Waals surface area contributed by atoms with Gasteiger partial charge in [0.15, 0.2) is 6.61 Å². The number of Topliss-reactive ketones (excluding diaryl/α,β-unsaturated/α-hetero) is 1. The summed E-state index contributed by atoms with van der Waals surface area (Å²) in [5, 5.41) is 2.68. The molecule has 0 aliphatic heterocycles. The monoisotopic (exact) mass is 349 g/mol. The van der Waals surface area contributed by atoms with Crippen LogP contribution in [0.3, 0.4) is 0 Å². The molecule has 0 spiro atoms. The van der Waals surface area contributed by atoms with Gasteiger partial charge in [0.25, 0.3) is 5.91 Å². The number of benzene rings is 2. The average Bonchev–Trinajstić information content (AvgIpc) is 2.54. The fraction of sp³-hybridized carbons (Fsp3) is 0.222. The Morgan fingerprint density at radius 1 is 1.17 bits per heavy atom. The number of carbonyl (C=O) groups is 2. The minimum Gasteiger partial charge on any atom is -0.484 e. The molecule has 4 nitrogen and oxygen atoms in total. The summed E-state index contributed by atoms with van der Waals surface area (Å²) in [7, 11) is 0. The first-order valence-electron chi connectivity index (χ1n) is 7.40. The van der Waals surface area contributed by atoms with E-state index in [2.05, 4.69) is 5.32 Å². The SMILES string of the molecule is CC(=O)CCc1ccc(OCC(=O)Nc2ccc(F)cc2Cl)cc1. The molecule has 0 saturated carbocycles. The lowest BCUT2D eigenvalue weighted by Crippen LogP contribution is -2.20. The summed E-state index contributed by atoms with van der Waals surface area (Å²) in [6.45, 7) is 1.37. The van der Waals surface area contributed by atoms with E-state index in [9.17, 15) is 14.0 Å². The molecule has 0 radical (unpaired) electrons. The highest BCUT2D eigenvalue weighted by atomic mass is 35.5. The molecule has 0 aliphatic rings. The van der Waals surface area contributed by atoms with Gasteiger partial charge >= 0.3 is 0 Å². The van der Waals surface area contributed by atoms with Gasteiger partial charge in [0, 0.05) is 6.42 Å². The van der Waals surface area contributed by atoms with Crippen molar-refractivity contribution in [3.05, 3.63) is 58.9 Å². The molecule has 1 amide bonds. The van der Waals surface area contributed by atoms with Crippen molar-refractivity contribution < 1.29 is 18.7 Å². The number of anilines is 1. The fourth-order valence-corrected chi connectivity index (χ4v) is 2.21. The molecule has 0 heterocycles. The van der Waals surface area contributed by atoms with Gasteiger partial charge in [-0.3, -0.25) is 4.79 Å². The van der Waals surface area contributed by atoms with Crippen molar-refractivity contribution in [2.24, 2.45) is 0 Å². The Kier molecular flexibility index (Phi) is 6.32. The number of ether oxygens (including phenoxy) is 1. The first-order valence-corrected chi connectivity index (χ1v) is 7.78. The highest BCUT2D eigenvalue weighted by molar-refractivity contribution is 6.33. The van der Waals surface area contributed by atoms with E-state index in [0.717, 1.165) is 11.6 Å². The quantitative estimate of drug-likeness (QED) is 0.821. The summed E-state index contributed by atoms with van der Waals surface area (Å²) in [6, 6.07) is 10.9. The largest absolute Gasteiger partial charge is 0.484 e. The molecule has 24 heavy (non-hydrogen) atoms. The molecule has 1 N–H and O–H groups in total. The van der Waals surface area contributed by atoms with Crippen molar-refractivity contribution >= 4 is 29.0 Å². The molecule has 0 aliphatic carbocycles. The number of aryl methyl sites for hydroxylation is 1. The van der Waals surface area contributed by atoms with E-state index in [4.69, 9.17) is 16.3 Å². The highest BCUT2D eigenvalue weighted by Crippen LogP contribution is 2.22. The van der Waals surface area contributed by atoms with Crippen LogP contribution in [0, 0.1) is 5.82 Å². The van der Waals surface area contributed by atoms with Crippen molar-refractivity contribution in [1.82, 2.24) is 0 Å². The van der Waals surface area contributed by atoms with Crippen LogP contribution < -0.4 is 10.1 Å². The van der Waals surface area contributed by atoms with E-state index >= 15 is 0 Å². The maximum atomic E-state index is 12.9. The number of rotatable bonds is 7. The summed E-state index contributed by atoms with van der Waals surface area (Å²) in [6.07, 6.45) is 1.18. The molecule has 2 aromatic rings. The number of ketones is 1. The molecule has 6 heteroatoms. The van der Waals surface area contributed by atoms with Gasteiger partial charge in [-0.25, -0.2) is 4.39 Å². The molecule has 0 unspecified atom stereocenters. The third-order valence-electron chi connectivity index (χ3n) is 3.26. The smallest absolute Gasteiger partial charge is 0.262 e. The Labute approximate surface area is 144 Å². The van der Waals surface area contributed by atoms with Gasteiger partial charge in [-0.15, -0.1) is 0 Å². The second-order valence-corrected chi connectivity index (χ2v) is 5.71. The highest BCUT2D eigenvalue weighted by Gasteiger charge is 2.08. The van der Waals surface area contributed by atoms with Crippen LogP contribution in [0.25, 0.3) is 0 Å². The minimum absolute atomic E-state index is 0.123. The van der Waals surface area contributed by atoms with E-state index in [1.54, 1.807) is 19.1 Å². The maximum absolute atomic E-state index is 12.9. The number of hydrogen-bond acceptors (Lipinski definition) is 3. The topological polar surface area (TPSA) is 55.4 Å². The van der Waals surface area contributed by atoms with Crippen LogP contribution in [-0.4, -0.2) is 18.3 Å². The van der Waals surface area contributed by atoms with Crippen molar-refractivity contribution in [3.63, 3.8) is 0 Å². The van der Waals surface area contributed by atoms with Crippen molar-refractivity contribution in [2.75, 3.05) is 11.9 Å². The Morgan fingerprint density at radius 2 is 1.88 bits per heavy atom. The Balaban J connectivity index is 1.84. The summed E-state index contributed by atoms with van der Waals surface area (Å²) < 4.78 is 18.3. The zero-order valence-corrected chi connectivity index (χ0v) is 13.9.